The first kappa shape index (κ1) is 20.8. The molecule has 0 unspecified atom stereocenters. The number of carbonyl (C=O) groups is 2. The molecule has 0 atom stereocenters. The summed E-state index contributed by atoms with van der Waals surface area (Å²) in [5, 5.41) is 2.64. The van der Waals surface area contributed by atoms with Crippen molar-refractivity contribution in [3.05, 3.63) is 75.0 Å². The van der Waals surface area contributed by atoms with Crippen molar-refractivity contribution in [2.75, 3.05) is 26.2 Å². The standard InChI is InChI=1S/C21H16Cl2FN3O2S/c22-15-6-3-5-14(18(15)23)20(28)26-8-10-27(11-9-26)21(29)17-12-30-19(25-17)13-4-1-2-7-16(13)24/h1-7,12H,8-11H2. The van der Waals surface area contributed by atoms with Gasteiger partial charge < -0.3 is 9.80 Å². The van der Waals surface area contributed by atoms with Crippen LogP contribution < -0.4 is 0 Å². The lowest BCUT2D eigenvalue weighted by molar-refractivity contribution is 0.0533. The van der Waals surface area contributed by atoms with Crippen LogP contribution in [0.15, 0.2) is 47.8 Å². The molecule has 9 heteroatoms. The van der Waals surface area contributed by atoms with Crippen LogP contribution in [-0.4, -0.2) is 52.8 Å². The van der Waals surface area contributed by atoms with Gasteiger partial charge in [0.2, 0.25) is 0 Å². The normalized spacial score (nSPS) is 14.1. The third kappa shape index (κ3) is 4.05. The molecule has 154 valence electrons. The maximum absolute atomic E-state index is 14.0. The number of amides is 2. The number of benzene rings is 2. The maximum atomic E-state index is 14.0. The third-order valence-corrected chi connectivity index (χ3v) is 6.56. The predicted molar refractivity (Wildman–Crippen MR) is 116 cm³/mol. The maximum Gasteiger partial charge on any atom is 0.273 e. The van der Waals surface area contributed by atoms with Crippen LogP contribution in [-0.2, 0) is 0 Å². The molecule has 1 fully saturated rings. The zero-order chi connectivity index (χ0) is 21.3. The molecule has 1 aliphatic rings. The highest BCUT2D eigenvalue weighted by molar-refractivity contribution is 7.13. The van der Waals surface area contributed by atoms with E-state index in [1.807, 2.05) is 0 Å². The molecule has 0 N–H and O–H groups in total. The summed E-state index contributed by atoms with van der Waals surface area (Å²) >= 11 is 13.4. The van der Waals surface area contributed by atoms with Gasteiger partial charge in [-0.2, -0.15) is 0 Å². The van der Waals surface area contributed by atoms with Crippen LogP contribution in [0.3, 0.4) is 0 Å². The van der Waals surface area contributed by atoms with E-state index in [1.54, 1.807) is 51.6 Å². The van der Waals surface area contributed by atoms with Crippen molar-refractivity contribution in [3.8, 4) is 10.6 Å². The molecule has 2 aromatic carbocycles. The second kappa shape index (κ2) is 8.71. The molecular weight excluding hydrogens is 448 g/mol. The van der Waals surface area contributed by atoms with Crippen molar-refractivity contribution in [1.82, 2.24) is 14.8 Å². The zero-order valence-corrected chi connectivity index (χ0v) is 18.0. The van der Waals surface area contributed by atoms with Crippen molar-refractivity contribution in [2.24, 2.45) is 0 Å². The third-order valence-electron chi connectivity index (χ3n) is 4.86. The SMILES string of the molecule is O=C(c1csc(-c2ccccc2F)n1)N1CCN(C(=O)c2cccc(Cl)c2Cl)CC1. The highest BCUT2D eigenvalue weighted by atomic mass is 35.5. The van der Waals surface area contributed by atoms with Gasteiger partial charge in [-0.3, -0.25) is 9.59 Å². The Balaban J connectivity index is 1.42. The van der Waals surface area contributed by atoms with Gasteiger partial charge >= 0.3 is 0 Å². The average Bonchev–Trinajstić information content (AvgIpc) is 3.25. The quantitative estimate of drug-likeness (QED) is 0.557. The Labute approximate surface area is 186 Å². The van der Waals surface area contributed by atoms with Crippen LogP contribution in [0.2, 0.25) is 10.0 Å². The fourth-order valence-corrected chi connectivity index (χ4v) is 4.45. The Morgan fingerprint density at radius 1 is 0.933 bits per heavy atom. The van der Waals surface area contributed by atoms with E-state index in [0.29, 0.717) is 47.3 Å². The molecule has 4 rings (SSSR count). The van der Waals surface area contributed by atoms with Gasteiger partial charge in [0, 0.05) is 37.1 Å². The van der Waals surface area contributed by atoms with Crippen LogP contribution in [0.4, 0.5) is 4.39 Å². The van der Waals surface area contributed by atoms with Gasteiger partial charge in [0.05, 0.1) is 15.6 Å². The number of hydrogen-bond donors (Lipinski definition) is 0. The number of rotatable bonds is 3. The fourth-order valence-electron chi connectivity index (χ4n) is 3.24. The van der Waals surface area contributed by atoms with Crippen LogP contribution in [0.1, 0.15) is 20.8 Å². The van der Waals surface area contributed by atoms with E-state index in [0.717, 1.165) is 0 Å². The summed E-state index contributed by atoms with van der Waals surface area (Å²) in [4.78, 5) is 33.2. The topological polar surface area (TPSA) is 53.5 Å². The summed E-state index contributed by atoms with van der Waals surface area (Å²) in [5.41, 5.74) is 0.990. The van der Waals surface area contributed by atoms with Gasteiger partial charge in [-0.15, -0.1) is 11.3 Å². The summed E-state index contributed by atoms with van der Waals surface area (Å²) < 4.78 is 14.0. The molecule has 5 nitrogen and oxygen atoms in total. The molecule has 0 spiro atoms. The molecule has 0 radical (unpaired) electrons. The molecule has 30 heavy (non-hydrogen) atoms. The number of thiazole rings is 1. The summed E-state index contributed by atoms with van der Waals surface area (Å²) in [6.07, 6.45) is 0. The van der Waals surface area contributed by atoms with Gasteiger partial charge in [0.25, 0.3) is 11.8 Å². The lowest BCUT2D eigenvalue weighted by Gasteiger charge is -2.34. The summed E-state index contributed by atoms with van der Waals surface area (Å²) in [6, 6.07) is 11.3. The number of halogens is 3. The zero-order valence-electron chi connectivity index (χ0n) is 15.6. The minimum absolute atomic E-state index is 0.218. The van der Waals surface area contributed by atoms with Gasteiger partial charge in [0.15, 0.2) is 0 Å². The number of aromatic nitrogens is 1. The molecule has 0 aliphatic carbocycles. The van der Waals surface area contributed by atoms with Crippen molar-refractivity contribution in [3.63, 3.8) is 0 Å². The smallest absolute Gasteiger partial charge is 0.273 e. The van der Waals surface area contributed by atoms with Crippen molar-refractivity contribution >= 4 is 46.4 Å². The summed E-state index contributed by atoms with van der Waals surface area (Å²) in [6.45, 7) is 1.49. The lowest BCUT2D eigenvalue weighted by Crippen LogP contribution is -2.50. The van der Waals surface area contributed by atoms with Gasteiger partial charge in [-0.1, -0.05) is 41.4 Å². The van der Waals surface area contributed by atoms with Crippen LogP contribution in [0.5, 0.6) is 0 Å². The molecule has 1 aliphatic heterocycles. The van der Waals surface area contributed by atoms with Crippen molar-refractivity contribution in [2.45, 2.75) is 0 Å². The average molecular weight is 464 g/mol. The monoisotopic (exact) mass is 463 g/mol. The number of hydrogen-bond acceptors (Lipinski definition) is 4. The Morgan fingerprint density at radius 3 is 2.30 bits per heavy atom. The lowest BCUT2D eigenvalue weighted by atomic mass is 10.1. The van der Waals surface area contributed by atoms with E-state index < -0.39 is 0 Å². The van der Waals surface area contributed by atoms with Crippen LogP contribution in [0, 0.1) is 5.82 Å². The van der Waals surface area contributed by atoms with E-state index in [1.165, 1.54) is 17.4 Å². The van der Waals surface area contributed by atoms with E-state index in [2.05, 4.69) is 4.98 Å². The van der Waals surface area contributed by atoms with Gasteiger partial charge in [-0.05, 0) is 24.3 Å². The first-order chi connectivity index (χ1) is 14.5. The highest BCUT2D eigenvalue weighted by Crippen LogP contribution is 2.28. The first-order valence-electron chi connectivity index (χ1n) is 9.18. The number of carbonyl (C=O) groups excluding carboxylic acids is 2. The first-order valence-corrected chi connectivity index (χ1v) is 10.8. The van der Waals surface area contributed by atoms with E-state index >= 15 is 0 Å². The van der Waals surface area contributed by atoms with Crippen molar-refractivity contribution < 1.29 is 14.0 Å². The molecule has 0 saturated carbocycles. The molecule has 0 bridgehead atoms. The van der Waals surface area contributed by atoms with E-state index in [4.69, 9.17) is 23.2 Å². The summed E-state index contributed by atoms with van der Waals surface area (Å²) in [7, 11) is 0. The van der Waals surface area contributed by atoms with Gasteiger partial charge in [-0.25, -0.2) is 9.37 Å². The fraction of sp³-hybridized carbons (Fsp3) is 0.190. The predicted octanol–water partition coefficient (Wildman–Crippen LogP) is 4.85. The largest absolute Gasteiger partial charge is 0.335 e. The van der Waals surface area contributed by atoms with Gasteiger partial charge in [0.1, 0.15) is 16.5 Å². The number of piperazine rings is 1. The van der Waals surface area contributed by atoms with E-state index in [-0.39, 0.29) is 28.3 Å². The summed E-state index contributed by atoms with van der Waals surface area (Å²) in [5.74, 6) is -0.829. The molecular formula is C21H16Cl2FN3O2S. The molecule has 3 aromatic rings. The Bertz CT molecular complexity index is 1110. The Morgan fingerprint density at radius 2 is 1.60 bits per heavy atom. The second-order valence-corrected chi connectivity index (χ2v) is 8.35. The minimum atomic E-state index is -0.377. The number of nitrogens with zero attached hydrogens (tertiary/aromatic N) is 3. The van der Waals surface area contributed by atoms with Crippen LogP contribution in [0.25, 0.3) is 10.6 Å². The highest BCUT2D eigenvalue weighted by Gasteiger charge is 2.28. The molecule has 2 heterocycles. The van der Waals surface area contributed by atoms with Crippen molar-refractivity contribution in [1.29, 1.82) is 0 Å². The van der Waals surface area contributed by atoms with E-state index in [9.17, 15) is 14.0 Å². The second-order valence-electron chi connectivity index (χ2n) is 6.70. The molecule has 1 aromatic heterocycles. The Hall–Kier alpha value is -2.48. The Kier molecular flexibility index (Phi) is 6.04. The minimum Gasteiger partial charge on any atom is -0.335 e. The molecule has 1 saturated heterocycles. The van der Waals surface area contributed by atoms with Crippen LogP contribution >= 0.6 is 34.5 Å². The molecule has 2 amide bonds.